The number of anilines is 1. The molecule has 0 aromatic heterocycles. The summed E-state index contributed by atoms with van der Waals surface area (Å²) in [6, 6.07) is 4.14. The van der Waals surface area contributed by atoms with Crippen LogP contribution in [0.25, 0.3) is 0 Å². The molecule has 1 atom stereocenters. The summed E-state index contributed by atoms with van der Waals surface area (Å²) in [4.78, 5) is 22.6. The van der Waals surface area contributed by atoms with E-state index in [0.29, 0.717) is 93.9 Å². The Kier molecular flexibility index (Phi) is 11.3. The van der Waals surface area contributed by atoms with Crippen LogP contribution in [-0.2, 0) is 4.79 Å². The molecule has 15 heteroatoms. The van der Waals surface area contributed by atoms with Gasteiger partial charge in [-0.15, -0.1) is 0 Å². The number of alkyl halides is 6. The Morgan fingerprint density at radius 1 is 1.10 bits per heavy atom. The number of hydrogen-bond donors (Lipinski definition) is 1. The van der Waals surface area contributed by atoms with Crippen molar-refractivity contribution in [1.82, 2.24) is 14.7 Å². The normalized spacial score (nSPS) is 21.6. The fraction of sp³-hybridized carbons (Fsp3) is 0.630. The first kappa shape index (κ1) is 33.1. The SMILES string of the molecule is CC1CC=C(N2CCN(CCCC(=O)N3CCC(Nc4ccc(Cl)c(SC(F)(F)F)c4)CC3)CC2)SC(C(F)(F)F)=N1. The Labute approximate surface area is 255 Å². The predicted octanol–water partition coefficient (Wildman–Crippen LogP) is 7.08. The summed E-state index contributed by atoms with van der Waals surface area (Å²) in [5, 5.41) is 3.13. The average Bonchev–Trinajstić information content (AvgIpc) is 3.12. The number of likely N-dealkylation sites (tertiary alicyclic amines) is 1. The van der Waals surface area contributed by atoms with E-state index >= 15 is 0 Å². The lowest BCUT2D eigenvalue weighted by Crippen LogP contribution is -2.46. The van der Waals surface area contributed by atoms with Crippen LogP contribution in [0.5, 0.6) is 0 Å². The number of amides is 1. The number of nitrogens with one attached hydrogen (secondary N) is 1. The molecule has 2 fully saturated rings. The highest BCUT2D eigenvalue weighted by Crippen LogP contribution is 2.41. The standard InChI is InChI=1S/C27H34ClF6N5OS2/c1-18-4-7-24(41-25(35-18)26(29,30)31)39-15-13-37(14-16-39)10-2-3-23(40)38-11-8-19(9-12-38)36-20-5-6-21(28)22(17-20)42-27(32,33)34/h5-7,17-19,36H,2-4,8-16H2,1H3. The zero-order valence-electron chi connectivity index (χ0n) is 23.1. The molecule has 3 aliphatic rings. The molecule has 6 nitrogen and oxygen atoms in total. The first-order chi connectivity index (χ1) is 19.8. The zero-order chi connectivity index (χ0) is 30.5. The van der Waals surface area contributed by atoms with Crippen molar-refractivity contribution in [3.63, 3.8) is 0 Å². The van der Waals surface area contributed by atoms with Crippen molar-refractivity contribution in [2.45, 2.75) is 67.7 Å². The molecule has 0 saturated carbocycles. The molecule has 4 rings (SSSR count). The van der Waals surface area contributed by atoms with Crippen LogP contribution in [0.15, 0.2) is 39.2 Å². The highest BCUT2D eigenvalue weighted by Gasteiger charge is 2.39. The van der Waals surface area contributed by atoms with E-state index in [2.05, 4.69) is 15.2 Å². The van der Waals surface area contributed by atoms with Crippen LogP contribution in [0.4, 0.5) is 32.0 Å². The van der Waals surface area contributed by atoms with E-state index in [4.69, 9.17) is 11.6 Å². The number of thioether (sulfide) groups is 2. The monoisotopic (exact) mass is 657 g/mol. The number of hydrogen-bond acceptors (Lipinski definition) is 7. The molecule has 0 radical (unpaired) electrons. The minimum atomic E-state index is -4.46. The Hall–Kier alpha value is -1.77. The molecule has 0 bridgehead atoms. The molecule has 3 aliphatic heterocycles. The van der Waals surface area contributed by atoms with E-state index in [1.165, 1.54) is 12.1 Å². The van der Waals surface area contributed by atoms with Crippen molar-refractivity contribution in [2.24, 2.45) is 4.99 Å². The van der Waals surface area contributed by atoms with Gasteiger partial charge in [-0.2, -0.15) is 26.3 Å². The molecule has 0 spiro atoms. The maximum absolute atomic E-state index is 13.3. The van der Waals surface area contributed by atoms with Crippen LogP contribution in [0.2, 0.25) is 5.02 Å². The van der Waals surface area contributed by atoms with Gasteiger partial charge in [0.05, 0.1) is 16.1 Å². The number of piperazine rings is 1. The number of nitrogens with zero attached hydrogens (tertiary/aromatic N) is 4. The lowest BCUT2D eigenvalue weighted by molar-refractivity contribution is -0.132. The van der Waals surface area contributed by atoms with Crippen molar-refractivity contribution < 1.29 is 31.1 Å². The third kappa shape index (κ3) is 9.88. The number of carbonyl (C=O) groups is 1. The lowest BCUT2D eigenvalue weighted by Gasteiger charge is -2.37. The first-order valence-corrected chi connectivity index (χ1v) is 15.9. The Morgan fingerprint density at radius 3 is 2.43 bits per heavy atom. The number of benzene rings is 1. The van der Waals surface area contributed by atoms with Crippen LogP contribution < -0.4 is 5.32 Å². The molecule has 1 unspecified atom stereocenters. The summed E-state index contributed by atoms with van der Waals surface area (Å²) < 4.78 is 78.4. The Morgan fingerprint density at radius 2 is 1.79 bits per heavy atom. The molecule has 1 aromatic carbocycles. The van der Waals surface area contributed by atoms with Gasteiger partial charge < -0.3 is 15.1 Å². The highest BCUT2D eigenvalue weighted by molar-refractivity contribution is 8.17. The third-order valence-electron chi connectivity index (χ3n) is 7.34. The highest BCUT2D eigenvalue weighted by atomic mass is 35.5. The summed E-state index contributed by atoms with van der Waals surface area (Å²) in [5.74, 6) is 0.0792. The number of piperidine rings is 1. The smallest absolute Gasteiger partial charge is 0.382 e. The van der Waals surface area contributed by atoms with Gasteiger partial charge in [-0.3, -0.25) is 14.7 Å². The number of aliphatic imine (C=N–C) groups is 1. The maximum atomic E-state index is 13.3. The molecule has 1 N–H and O–H groups in total. The molecule has 234 valence electrons. The largest absolute Gasteiger partial charge is 0.446 e. The molecular formula is C27H34ClF6N5OS2. The number of halogens is 7. The topological polar surface area (TPSA) is 51.2 Å². The summed E-state index contributed by atoms with van der Waals surface area (Å²) in [5.41, 5.74) is -3.86. The quantitative estimate of drug-likeness (QED) is 0.238. The van der Waals surface area contributed by atoms with E-state index < -0.39 is 22.8 Å². The fourth-order valence-corrected chi connectivity index (χ4v) is 7.00. The van der Waals surface area contributed by atoms with Gasteiger partial charge in [0.25, 0.3) is 0 Å². The molecule has 1 amide bonds. The van der Waals surface area contributed by atoms with Gasteiger partial charge >= 0.3 is 11.7 Å². The van der Waals surface area contributed by atoms with Crippen molar-refractivity contribution >= 4 is 51.8 Å². The first-order valence-electron chi connectivity index (χ1n) is 13.9. The van der Waals surface area contributed by atoms with Gasteiger partial charge in [0, 0.05) is 62.3 Å². The van der Waals surface area contributed by atoms with Gasteiger partial charge in [0.15, 0.2) is 5.04 Å². The maximum Gasteiger partial charge on any atom is 0.446 e. The Bertz CT molecular complexity index is 1150. The molecule has 0 aliphatic carbocycles. The van der Waals surface area contributed by atoms with E-state index in [-0.39, 0.29) is 33.6 Å². The minimum absolute atomic E-state index is 0.0405. The summed E-state index contributed by atoms with van der Waals surface area (Å²) in [6.45, 7) is 6.24. The van der Waals surface area contributed by atoms with Crippen LogP contribution in [0, 0.1) is 0 Å². The summed E-state index contributed by atoms with van der Waals surface area (Å²) in [6.07, 6.45) is 0.350. The van der Waals surface area contributed by atoms with Gasteiger partial charge in [0.1, 0.15) is 0 Å². The summed E-state index contributed by atoms with van der Waals surface area (Å²) >= 11 is 6.38. The van der Waals surface area contributed by atoms with Crippen molar-refractivity contribution in [1.29, 1.82) is 0 Å². The molecule has 42 heavy (non-hydrogen) atoms. The van der Waals surface area contributed by atoms with Crippen molar-refractivity contribution in [3.05, 3.63) is 34.3 Å². The van der Waals surface area contributed by atoms with E-state index in [1.807, 2.05) is 15.9 Å². The molecular weight excluding hydrogens is 624 g/mol. The Balaban J connectivity index is 1.15. The van der Waals surface area contributed by atoms with E-state index in [9.17, 15) is 31.1 Å². The lowest BCUT2D eigenvalue weighted by atomic mass is 10.0. The second kappa shape index (κ2) is 14.3. The van der Waals surface area contributed by atoms with E-state index in [0.717, 1.165) is 6.54 Å². The minimum Gasteiger partial charge on any atom is -0.382 e. The van der Waals surface area contributed by atoms with Gasteiger partial charge in [0.2, 0.25) is 5.91 Å². The molecule has 3 heterocycles. The molecule has 1 aromatic rings. The molecule has 2 saturated heterocycles. The fourth-order valence-electron chi connectivity index (χ4n) is 5.12. The van der Waals surface area contributed by atoms with E-state index in [1.54, 1.807) is 13.0 Å². The second-order valence-electron chi connectivity index (χ2n) is 10.6. The number of rotatable bonds is 8. The average molecular weight is 658 g/mol. The van der Waals surface area contributed by atoms with Gasteiger partial charge in [-0.05, 0) is 80.9 Å². The third-order valence-corrected chi connectivity index (χ3v) is 9.73. The van der Waals surface area contributed by atoms with Crippen LogP contribution in [0.3, 0.4) is 0 Å². The van der Waals surface area contributed by atoms with Gasteiger partial charge in [-0.1, -0.05) is 17.7 Å². The predicted molar refractivity (Wildman–Crippen MR) is 157 cm³/mol. The number of carbonyl (C=O) groups excluding carboxylic acids is 1. The van der Waals surface area contributed by atoms with Crippen molar-refractivity contribution in [2.75, 3.05) is 51.1 Å². The van der Waals surface area contributed by atoms with Crippen LogP contribution in [-0.4, -0.2) is 95.2 Å². The van der Waals surface area contributed by atoms with Crippen LogP contribution >= 0.6 is 35.1 Å². The van der Waals surface area contributed by atoms with Crippen molar-refractivity contribution in [3.8, 4) is 0 Å². The second-order valence-corrected chi connectivity index (χ2v) is 13.1. The van der Waals surface area contributed by atoms with Crippen LogP contribution in [0.1, 0.15) is 39.0 Å². The van der Waals surface area contributed by atoms with Gasteiger partial charge in [-0.25, -0.2) is 0 Å². The zero-order valence-corrected chi connectivity index (χ0v) is 25.5. The summed E-state index contributed by atoms with van der Waals surface area (Å²) in [7, 11) is 0.